The molecule has 112 valence electrons. The van der Waals surface area contributed by atoms with Crippen molar-refractivity contribution in [1.29, 1.82) is 0 Å². The Morgan fingerprint density at radius 3 is 2.60 bits per heavy atom. The Labute approximate surface area is 137 Å². The lowest BCUT2D eigenvalue weighted by molar-refractivity contribution is 0.535. The molecule has 5 nitrogen and oxygen atoms in total. The highest BCUT2D eigenvalue weighted by Gasteiger charge is 2.15. The second-order valence-corrected chi connectivity index (χ2v) is 6.82. The van der Waals surface area contributed by atoms with Gasteiger partial charge in [-0.15, -0.1) is 24.0 Å². The first kappa shape index (κ1) is 17.2. The van der Waals surface area contributed by atoms with E-state index in [1.165, 1.54) is 0 Å². The summed E-state index contributed by atoms with van der Waals surface area (Å²) in [6.45, 7) is 2.06. The van der Waals surface area contributed by atoms with Gasteiger partial charge in [-0.05, 0) is 5.56 Å². The van der Waals surface area contributed by atoms with Crippen LogP contribution >= 0.6 is 24.0 Å². The van der Waals surface area contributed by atoms with Gasteiger partial charge in [0.2, 0.25) is 0 Å². The number of guanidine groups is 1. The quantitative estimate of drug-likeness (QED) is 0.741. The molecule has 0 aromatic heterocycles. The molecule has 1 heterocycles. The molecule has 0 fully saturated rings. The highest BCUT2D eigenvalue weighted by molar-refractivity contribution is 14.0. The summed E-state index contributed by atoms with van der Waals surface area (Å²) in [5, 5.41) is 3.07. The van der Waals surface area contributed by atoms with Crippen LogP contribution < -0.4 is 5.32 Å². The molecule has 2 rings (SSSR count). The van der Waals surface area contributed by atoms with Gasteiger partial charge in [0.1, 0.15) is 0 Å². The zero-order valence-electron chi connectivity index (χ0n) is 11.4. The van der Waals surface area contributed by atoms with E-state index >= 15 is 0 Å². The summed E-state index contributed by atoms with van der Waals surface area (Å²) in [4.78, 5) is 6.25. The summed E-state index contributed by atoms with van der Waals surface area (Å²) >= 11 is 0. The summed E-state index contributed by atoms with van der Waals surface area (Å²) < 4.78 is 23.9. The van der Waals surface area contributed by atoms with Crippen LogP contribution in [0.1, 0.15) is 5.56 Å². The van der Waals surface area contributed by atoms with Gasteiger partial charge in [-0.2, -0.15) is 0 Å². The Bertz CT molecular complexity index is 546. The molecule has 0 amide bonds. The number of hydrogen-bond donors (Lipinski definition) is 1. The van der Waals surface area contributed by atoms with Gasteiger partial charge < -0.3 is 10.2 Å². The number of benzene rings is 1. The standard InChI is InChI=1S/C13H19N3O2S.HI/c1-16-9-7-14-13(16)15-8-10-19(17,18)11-12-5-3-2-4-6-12;/h2-6H,7-11H2,1H3,(H,14,15);1H. The molecule has 0 radical (unpaired) electrons. The fourth-order valence-corrected chi connectivity index (χ4v) is 3.20. The summed E-state index contributed by atoms with van der Waals surface area (Å²) in [7, 11) is -1.14. The van der Waals surface area contributed by atoms with E-state index in [0.29, 0.717) is 6.54 Å². The van der Waals surface area contributed by atoms with Crippen molar-refractivity contribution < 1.29 is 8.42 Å². The Hall–Kier alpha value is -0.830. The number of sulfone groups is 1. The van der Waals surface area contributed by atoms with Crippen LogP contribution in [0.2, 0.25) is 0 Å². The molecule has 1 aliphatic rings. The van der Waals surface area contributed by atoms with Crippen LogP contribution in [0, 0.1) is 0 Å². The zero-order chi connectivity index (χ0) is 13.7. The van der Waals surface area contributed by atoms with Crippen molar-refractivity contribution >= 4 is 39.8 Å². The van der Waals surface area contributed by atoms with Crippen molar-refractivity contribution in [1.82, 2.24) is 10.2 Å². The van der Waals surface area contributed by atoms with Crippen molar-refractivity contribution in [3.8, 4) is 0 Å². The van der Waals surface area contributed by atoms with Crippen molar-refractivity contribution in [3.63, 3.8) is 0 Å². The SMILES string of the molecule is CN1CCN=C1NCCS(=O)(=O)Cc1ccccc1.I. The predicted octanol–water partition coefficient (Wildman–Crippen LogP) is 1.11. The third kappa shape index (κ3) is 5.28. The minimum absolute atomic E-state index is 0. The van der Waals surface area contributed by atoms with Crippen LogP contribution in [0.5, 0.6) is 0 Å². The van der Waals surface area contributed by atoms with Gasteiger partial charge in [-0.1, -0.05) is 30.3 Å². The van der Waals surface area contributed by atoms with E-state index in [4.69, 9.17) is 0 Å². The summed E-state index contributed by atoms with van der Waals surface area (Å²) in [5.74, 6) is 1.00. The van der Waals surface area contributed by atoms with Crippen molar-refractivity contribution in [2.75, 3.05) is 32.4 Å². The van der Waals surface area contributed by atoms with Gasteiger partial charge in [0.15, 0.2) is 15.8 Å². The second-order valence-electron chi connectivity index (χ2n) is 4.63. The number of rotatable bonds is 5. The summed E-state index contributed by atoms with van der Waals surface area (Å²) in [5.41, 5.74) is 0.831. The minimum atomic E-state index is -3.08. The topological polar surface area (TPSA) is 61.8 Å². The first-order chi connectivity index (χ1) is 9.07. The highest BCUT2D eigenvalue weighted by Crippen LogP contribution is 2.05. The number of likely N-dealkylation sites (N-methyl/N-ethyl adjacent to an activating group) is 1. The number of aliphatic imine (C=N–C) groups is 1. The van der Waals surface area contributed by atoms with E-state index in [1.54, 1.807) is 0 Å². The Kier molecular flexibility index (Phi) is 6.74. The number of halogens is 1. The molecule has 1 aromatic carbocycles. The van der Waals surface area contributed by atoms with Crippen LogP contribution in [0.25, 0.3) is 0 Å². The molecule has 0 saturated carbocycles. The summed E-state index contributed by atoms with van der Waals surface area (Å²) in [6, 6.07) is 9.25. The average molecular weight is 409 g/mol. The number of hydrogen-bond acceptors (Lipinski definition) is 5. The Balaban J connectivity index is 0.00000200. The highest BCUT2D eigenvalue weighted by atomic mass is 127. The normalized spacial score (nSPS) is 14.7. The fraction of sp³-hybridized carbons (Fsp3) is 0.462. The fourth-order valence-electron chi connectivity index (χ4n) is 1.94. The van der Waals surface area contributed by atoms with Crippen molar-refractivity contribution in [2.24, 2.45) is 4.99 Å². The summed E-state index contributed by atoms with van der Waals surface area (Å²) in [6.07, 6.45) is 0. The molecular weight excluding hydrogens is 389 g/mol. The van der Waals surface area contributed by atoms with Gasteiger partial charge in [0, 0.05) is 20.1 Å². The molecule has 1 N–H and O–H groups in total. The largest absolute Gasteiger partial charge is 0.355 e. The molecule has 0 saturated heterocycles. The average Bonchev–Trinajstić information content (AvgIpc) is 2.76. The lowest BCUT2D eigenvalue weighted by atomic mass is 10.2. The van der Waals surface area contributed by atoms with Crippen LogP contribution in [0.15, 0.2) is 35.3 Å². The van der Waals surface area contributed by atoms with Gasteiger partial charge >= 0.3 is 0 Å². The van der Waals surface area contributed by atoms with E-state index < -0.39 is 9.84 Å². The number of nitrogens with zero attached hydrogens (tertiary/aromatic N) is 2. The molecule has 20 heavy (non-hydrogen) atoms. The molecule has 7 heteroatoms. The van der Waals surface area contributed by atoms with Crippen LogP contribution in [0.4, 0.5) is 0 Å². The predicted molar refractivity (Wildman–Crippen MR) is 92.3 cm³/mol. The smallest absolute Gasteiger partial charge is 0.193 e. The van der Waals surface area contributed by atoms with Crippen LogP contribution in [-0.2, 0) is 15.6 Å². The lowest BCUT2D eigenvalue weighted by Crippen LogP contribution is -2.38. The van der Waals surface area contributed by atoms with E-state index in [0.717, 1.165) is 24.6 Å². The molecule has 0 atom stereocenters. The van der Waals surface area contributed by atoms with Crippen molar-refractivity contribution in [3.05, 3.63) is 35.9 Å². The molecule has 0 spiro atoms. The maximum absolute atomic E-state index is 12.0. The molecule has 0 unspecified atom stereocenters. The lowest BCUT2D eigenvalue weighted by Gasteiger charge is -2.15. The molecule has 0 bridgehead atoms. The first-order valence-electron chi connectivity index (χ1n) is 6.31. The Morgan fingerprint density at radius 2 is 2.00 bits per heavy atom. The van der Waals surface area contributed by atoms with Gasteiger partial charge in [0.25, 0.3) is 0 Å². The van der Waals surface area contributed by atoms with Gasteiger partial charge in [-0.25, -0.2) is 8.42 Å². The van der Waals surface area contributed by atoms with Crippen molar-refractivity contribution in [2.45, 2.75) is 5.75 Å². The maximum Gasteiger partial charge on any atom is 0.193 e. The van der Waals surface area contributed by atoms with Crippen LogP contribution in [0.3, 0.4) is 0 Å². The third-order valence-corrected chi connectivity index (χ3v) is 4.58. The molecule has 0 aliphatic carbocycles. The Morgan fingerprint density at radius 1 is 1.30 bits per heavy atom. The van der Waals surface area contributed by atoms with Crippen LogP contribution in [-0.4, -0.2) is 51.7 Å². The first-order valence-corrected chi connectivity index (χ1v) is 8.13. The number of nitrogens with one attached hydrogen (secondary N) is 1. The monoisotopic (exact) mass is 409 g/mol. The van der Waals surface area contributed by atoms with E-state index in [-0.39, 0.29) is 35.5 Å². The molecule has 1 aliphatic heterocycles. The van der Waals surface area contributed by atoms with E-state index in [2.05, 4.69) is 10.3 Å². The minimum Gasteiger partial charge on any atom is -0.355 e. The third-order valence-electron chi connectivity index (χ3n) is 2.98. The van der Waals surface area contributed by atoms with Gasteiger partial charge in [-0.3, -0.25) is 4.99 Å². The van der Waals surface area contributed by atoms with Gasteiger partial charge in [0.05, 0.1) is 18.1 Å². The molecule has 1 aromatic rings. The second kappa shape index (κ2) is 7.82. The maximum atomic E-state index is 12.0. The van der Waals surface area contributed by atoms with E-state index in [9.17, 15) is 8.42 Å². The zero-order valence-corrected chi connectivity index (χ0v) is 14.6. The van der Waals surface area contributed by atoms with E-state index in [1.807, 2.05) is 42.3 Å². The molecular formula is C13H20IN3O2S.